The van der Waals surface area contributed by atoms with Crippen molar-refractivity contribution < 1.29 is 9.90 Å². The fraction of sp³-hybridized carbons (Fsp3) is 0.308. The van der Waals surface area contributed by atoms with Gasteiger partial charge in [-0.3, -0.25) is 4.79 Å². The molecule has 0 aliphatic carbocycles. The highest BCUT2D eigenvalue weighted by molar-refractivity contribution is 9.10. The lowest BCUT2D eigenvalue weighted by molar-refractivity contribution is -0.138. The van der Waals surface area contributed by atoms with Gasteiger partial charge in [-0.15, -0.1) is 11.8 Å². The van der Waals surface area contributed by atoms with Crippen molar-refractivity contribution in [3.05, 3.63) is 28.2 Å². The molecule has 17 heavy (non-hydrogen) atoms. The van der Waals surface area contributed by atoms with Crippen molar-refractivity contribution in [2.45, 2.75) is 25.7 Å². The lowest BCUT2D eigenvalue weighted by Crippen LogP contribution is -2.13. The summed E-state index contributed by atoms with van der Waals surface area (Å²) in [7, 11) is 0. The lowest BCUT2D eigenvalue weighted by atomic mass is 9.93. The van der Waals surface area contributed by atoms with Crippen LogP contribution in [-0.2, 0) is 4.79 Å². The smallest absolute Gasteiger partial charge is 0.311 e. The van der Waals surface area contributed by atoms with E-state index in [1.54, 1.807) is 25.1 Å². The zero-order valence-electron chi connectivity index (χ0n) is 9.53. The van der Waals surface area contributed by atoms with E-state index in [-0.39, 0.29) is 0 Å². The zero-order chi connectivity index (χ0) is 12.8. The second kappa shape index (κ2) is 6.31. The Balaban J connectivity index is 2.99. The minimum atomic E-state index is -0.868. The number of nitrogen functional groups attached to an aromatic ring is 1. The second-order valence-electron chi connectivity index (χ2n) is 3.63. The Morgan fingerprint density at radius 1 is 1.59 bits per heavy atom. The number of nitrogens with two attached hydrogens (primary N) is 1. The summed E-state index contributed by atoms with van der Waals surface area (Å²) in [6.07, 6.45) is 1.02. The second-order valence-corrected chi connectivity index (χ2v) is 4.55. The summed E-state index contributed by atoms with van der Waals surface area (Å²) < 4.78 is 0.828. The molecule has 0 aromatic heterocycles. The summed E-state index contributed by atoms with van der Waals surface area (Å²) in [6, 6.07) is 5.26. The molecule has 0 radical (unpaired) electrons. The van der Waals surface area contributed by atoms with Gasteiger partial charge in [0.05, 0.1) is 5.92 Å². The van der Waals surface area contributed by atoms with Gasteiger partial charge >= 0.3 is 5.97 Å². The number of carboxylic acids is 1. The maximum atomic E-state index is 11.2. The van der Waals surface area contributed by atoms with Gasteiger partial charge in [-0.25, -0.2) is 0 Å². The quantitative estimate of drug-likeness (QED) is 0.663. The van der Waals surface area contributed by atoms with Crippen LogP contribution < -0.4 is 5.73 Å². The Bertz CT molecular complexity index is 474. The average molecular weight is 296 g/mol. The van der Waals surface area contributed by atoms with Crippen LogP contribution >= 0.6 is 15.9 Å². The molecule has 0 amide bonds. The highest BCUT2D eigenvalue weighted by atomic mass is 79.9. The van der Waals surface area contributed by atoms with Gasteiger partial charge in [-0.1, -0.05) is 15.9 Å². The number of hydrogen-bond acceptors (Lipinski definition) is 2. The third-order valence-corrected chi connectivity index (χ3v) is 2.95. The summed E-state index contributed by atoms with van der Waals surface area (Å²) in [4.78, 5) is 11.2. The predicted molar refractivity (Wildman–Crippen MR) is 71.6 cm³/mol. The largest absolute Gasteiger partial charge is 0.481 e. The number of carboxylic acid groups (broad SMARTS) is 1. The normalized spacial score (nSPS) is 11.4. The van der Waals surface area contributed by atoms with Gasteiger partial charge in [0.1, 0.15) is 0 Å². The summed E-state index contributed by atoms with van der Waals surface area (Å²) >= 11 is 3.32. The lowest BCUT2D eigenvalue weighted by Gasteiger charge is -2.14. The molecular formula is C13H14BrNO2. The van der Waals surface area contributed by atoms with Gasteiger partial charge in [0.25, 0.3) is 0 Å². The van der Waals surface area contributed by atoms with E-state index in [9.17, 15) is 9.90 Å². The van der Waals surface area contributed by atoms with Crippen molar-refractivity contribution in [2.75, 3.05) is 5.73 Å². The van der Waals surface area contributed by atoms with Crippen molar-refractivity contribution in [1.29, 1.82) is 0 Å². The molecule has 4 heteroatoms. The van der Waals surface area contributed by atoms with E-state index in [1.807, 2.05) is 0 Å². The SMILES string of the molecule is CC#CCCC(C(=O)O)c1cc(Br)ccc1N. The van der Waals surface area contributed by atoms with Crippen LogP contribution in [0.15, 0.2) is 22.7 Å². The van der Waals surface area contributed by atoms with Crippen molar-refractivity contribution in [3.8, 4) is 11.8 Å². The van der Waals surface area contributed by atoms with Crippen LogP contribution in [0.2, 0.25) is 0 Å². The first-order valence-corrected chi connectivity index (χ1v) is 6.03. The van der Waals surface area contributed by atoms with Gasteiger partial charge < -0.3 is 10.8 Å². The van der Waals surface area contributed by atoms with E-state index >= 15 is 0 Å². The predicted octanol–water partition coefficient (Wildman–Crippen LogP) is 3.00. The van der Waals surface area contributed by atoms with Crippen LogP contribution in [-0.4, -0.2) is 11.1 Å². The molecule has 0 saturated heterocycles. The van der Waals surface area contributed by atoms with E-state index in [2.05, 4.69) is 27.8 Å². The molecule has 0 aliphatic heterocycles. The van der Waals surface area contributed by atoms with Crippen molar-refractivity contribution in [1.82, 2.24) is 0 Å². The number of aliphatic carboxylic acids is 1. The maximum Gasteiger partial charge on any atom is 0.311 e. The molecule has 1 unspecified atom stereocenters. The standard InChI is InChI=1S/C13H14BrNO2/c1-2-3-4-5-10(13(16)17)11-8-9(14)6-7-12(11)15/h6-8,10H,4-5,15H2,1H3,(H,16,17). The first-order chi connectivity index (χ1) is 8.06. The molecule has 90 valence electrons. The molecule has 0 saturated carbocycles. The Hall–Kier alpha value is -1.47. The van der Waals surface area contributed by atoms with Gasteiger partial charge in [0, 0.05) is 16.6 Å². The topological polar surface area (TPSA) is 63.3 Å². The summed E-state index contributed by atoms with van der Waals surface area (Å²) in [5, 5.41) is 9.22. The molecule has 1 atom stereocenters. The van der Waals surface area contributed by atoms with Crippen LogP contribution in [0.1, 0.15) is 31.2 Å². The van der Waals surface area contributed by atoms with Crippen molar-refractivity contribution in [2.24, 2.45) is 0 Å². The van der Waals surface area contributed by atoms with Crippen LogP contribution in [0.25, 0.3) is 0 Å². The van der Waals surface area contributed by atoms with E-state index < -0.39 is 11.9 Å². The summed E-state index contributed by atoms with van der Waals surface area (Å²) in [5.74, 6) is 4.16. The molecule has 0 spiro atoms. The third-order valence-electron chi connectivity index (χ3n) is 2.46. The van der Waals surface area contributed by atoms with E-state index in [0.29, 0.717) is 24.1 Å². The van der Waals surface area contributed by atoms with Gasteiger partial charge in [-0.05, 0) is 37.1 Å². The molecule has 1 aromatic carbocycles. The monoisotopic (exact) mass is 295 g/mol. The number of hydrogen-bond donors (Lipinski definition) is 2. The summed E-state index contributed by atoms with van der Waals surface area (Å²) in [6.45, 7) is 1.74. The number of benzene rings is 1. The number of carbonyl (C=O) groups is 1. The molecule has 3 N–H and O–H groups in total. The van der Waals surface area contributed by atoms with Crippen LogP contribution in [0.3, 0.4) is 0 Å². The average Bonchev–Trinajstić information content (AvgIpc) is 2.28. The zero-order valence-corrected chi connectivity index (χ0v) is 11.1. The fourth-order valence-electron chi connectivity index (χ4n) is 1.60. The first-order valence-electron chi connectivity index (χ1n) is 5.23. The molecule has 3 nitrogen and oxygen atoms in total. The molecule has 0 heterocycles. The van der Waals surface area contributed by atoms with Crippen LogP contribution in [0.4, 0.5) is 5.69 Å². The Labute approximate surface area is 109 Å². The van der Waals surface area contributed by atoms with E-state index in [4.69, 9.17) is 5.73 Å². The highest BCUT2D eigenvalue weighted by Gasteiger charge is 2.21. The van der Waals surface area contributed by atoms with Crippen LogP contribution in [0.5, 0.6) is 0 Å². The van der Waals surface area contributed by atoms with Gasteiger partial charge in [0.15, 0.2) is 0 Å². The minimum absolute atomic E-state index is 0.469. The Morgan fingerprint density at radius 2 is 2.29 bits per heavy atom. The minimum Gasteiger partial charge on any atom is -0.481 e. The maximum absolute atomic E-state index is 11.2. The molecule has 0 aliphatic rings. The fourth-order valence-corrected chi connectivity index (χ4v) is 1.98. The first kappa shape index (κ1) is 13.6. The summed E-state index contributed by atoms with van der Waals surface area (Å²) in [5.41, 5.74) is 6.96. The molecule has 0 bridgehead atoms. The Morgan fingerprint density at radius 3 is 2.88 bits per heavy atom. The molecule has 1 rings (SSSR count). The third kappa shape index (κ3) is 3.79. The van der Waals surface area contributed by atoms with Crippen molar-refractivity contribution in [3.63, 3.8) is 0 Å². The van der Waals surface area contributed by atoms with Crippen molar-refractivity contribution >= 4 is 27.6 Å². The number of anilines is 1. The van der Waals surface area contributed by atoms with Gasteiger partial charge in [-0.2, -0.15) is 0 Å². The molecule has 1 aromatic rings. The van der Waals surface area contributed by atoms with E-state index in [1.165, 1.54) is 0 Å². The number of rotatable bonds is 4. The highest BCUT2D eigenvalue weighted by Crippen LogP contribution is 2.29. The van der Waals surface area contributed by atoms with Gasteiger partial charge in [0.2, 0.25) is 0 Å². The molecule has 0 fully saturated rings. The number of halogens is 1. The molecular weight excluding hydrogens is 282 g/mol. The Kier molecular flexibility index (Phi) is 5.05. The van der Waals surface area contributed by atoms with Crippen LogP contribution in [0, 0.1) is 11.8 Å². The van der Waals surface area contributed by atoms with E-state index in [0.717, 1.165) is 4.47 Å².